The Morgan fingerprint density at radius 2 is 1.48 bits per heavy atom. The van der Waals surface area contributed by atoms with E-state index in [1.165, 1.54) is 4.90 Å². The van der Waals surface area contributed by atoms with E-state index in [1.54, 1.807) is 14.1 Å². The lowest BCUT2D eigenvalue weighted by molar-refractivity contribution is -0.118. The van der Waals surface area contributed by atoms with Crippen molar-refractivity contribution in [2.45, 2.75) is 39.5 Å². The van der Waals surface area contributed by atoms with Crippen LogP contribution < -0.4 is 4.90 Å². The van der Waals surface area contributed by atoms with Gasteiger partial charge in [0.05, 0.1) is 5.70 Å². The van der Waals surface area contributed by atoms with Gasteiger partial charge >= 0.3 is 0 Å². The molecule has 6 rings (SSSR count). The van der Waals surface area contributed by atoms with Gasteiger partial charge in [-0.3, -0.25) is 14.4 Å². The van der Waals surface area contributed by atoms with E-state index in [1.807, 2.05) is 48.5 Å². The molecule has 0 unspecified atom stereocenters. The highest BCUT2D eigenvalue weighted by Crippen LogP contribution is 2.56. The van der Waals surface area contributed by atoms with E-state index in [-0.39, 0.29) is 17.0 Å². The predicted molar refractivity (Wildman–Crippen MR) is 160 cm³/mol. The molecule has 1 atom stereocenters. The summed E-state index contributed by atoms with van der Waals surface area (Å²) in [6.45, 7) is 6.35. The zero-order valence-corrected chi connectivity index (χ0v) is 24.3. The van der Waals surface area contributed by atoms with Crippen LogP contribution in [0.15, 0.2) is 89.6 Å². The molecule has 0 spiro atoms. The lowest BCUT2D eigenvalue weighted by Gasteiger charge is -2.44. The van der Waals surface area contributed by atoms with Crippen LogP contribution in [0.1, 0.15) is 59.7 Å². The van der Waals surface area contributed by atoms with Crippen LogP contribution in [0.5, 0.6) is 0 Å². The van der Waals surface area contributed by atoms with Crippen LogP contribution in [-0.2, 0) is 9.59 Å². The van der Waals surface area contributed by atoms with Crippen LogP contribution in [-0.4, -0.2) is 37.0 Å². The molecule has 40 heavy (non-hydrogen) atoms. The van der Waals surface area contributed by atoms with E-state index < -0.39 is 5.92 Å². The second-order valence-corrected chi connectivity index (χ2v) is 12.0. The summed E-state index contributed by atoms with van der Waals surface area (Å²) in [5, 5.41) is 0.571. The molecule has 0 radical (unpaired) electrons. The number of allylic oxidation sites excluding steroid dienone is 3. The highest BCUT2D eigenvalue weighted by molar-refractivity contribution is 6.32. The first-order valence-electron chi connectivity index (χ1n) is 13.4. The van der Waals surface area contributed by atoms with Crippen molar-refractivity contribution in [3.05, 3.63) is 117 Å². The fourth-order valence-corrected chi connectivity index (χ4v) is 6.15. The van der Waals surface area contributed by atoms with Crippen molar-refractivity contribution in [3.8, 4) is 0 Å². The normalized spacial score (nSPS) is 18.9. The summed E-state index contributed by atoms with van der Waals surface area (Å²) in [7, 11) is 3.38. The van der Waals surface area contributed by atoms with Gasteiger partial charge in [-0.15, -0.1) is 0 Å². The fraction of sp³-hybridized carbons (Fsp3) is 0.265. The number of aryl methyl sites for hydroxylation is 1. The Kier molecular flexibility index (Phi) is 7.28. The van der Waals surface area contributed by atoms with Gasteiger partial charge < -0.3 is 9.80 Å². The molecule has 1 aliphatic heterocycles. The number of nitrogens with zero attached hydrogens (tertiary/aromatic N) is 2. The zero-order chi connectivity index (χ0) is 28.8. The number of hydrogen-bond acceptors (Lipinski definition) is 4. The van der Waals surface area contributed by atoms with Crippen molar-refractivity contribution in [2.24, 2.45) is 5.41 Å². The molecule has 0 N–H and O–H groups in total. The molecule has 0 aromatic heterocycles. The molecule has 0 saturated carbocycles. The Morgan fingerprint density at radius 3 is 2.10 bits per heavy atom. The third-order valence-corrected chi connectivity index (χ3v) is 7.96. The maximum atomic E-state index is 14.0. The summed E-state index contributed by atoms with van der Waals surface area (Å²) in [5.41, 5.74) is 7.54. The molecule has 0 bridgehead atoms. The number of fused-ring (bicyclic) bond motifs is 2. The average molecular weight is 553 g/mol. The van der Waals surface area contributed by atoms with Gasteiger partial charge in [-0.1, -0.05) is 85.6 Å². The van der Waals surface area contributed by atoms with Crippen molar-refractivity contribution in [2.75, 3.05) is 19.0 Å². The van der Waals surface area contributed by atoms with Gasteiger partial charge in [-0.2, -0.15) is 0 Å². The minimum Gasteiger partial charge on any atom is -0.351 e. The monoisotopic (exact) mass is 552 g/mol. The number of Topliss-reactive ketones (excluding diaryl/α,β-unsaturated/α-hetero) is 2. The number of anilines is 1. The first-order valence-corrected chi connectivity index (χ1v) is 13.8. The lowest BCUT2D eigenvalue weighted by atomic mass is 9.68. The smallest absolute Gasteiger partial charge is 0.209 e. The van der Waals surface area contributed by atoms with Crippen molar-refractivity contribution in [3.63, 3.8) is 0 Å². The molecule has 5 nitrogen and oxygen atoms in total. The molecular formula is C34H33ClN2O3. The molecule has 3 aromatic rings. The minimum atomic E-state index is -0.487. The molecule has 0 fully saturated rings. The van der Waals surface area contributed by atoms with Gasteiger partial charge in [0.1, 0.15) is 0 Å². The van der Waals surface area contributed by atoms with E-state index in [0.29, 0.717) is 28.2 Å². The van der Waals surface area contributed by atoms with E-state index in [9.17, 15) is 14.4 Å². The van der Waals surface area contributed by atoms with Crippen molar-refractivity contribution < 1.29 is 14.4 Å². The summed E-state index contributed by atoms with van der Waals surface area (Å²) < 4.78 is 0. The van der Waals surface area contributed by atoms with Gasteiger partial charge in [0, 0.05) is 65.1 Å². The molecule has 1 amide bonds. The number of carbonyl (C=O) groups is 3. The van der Waals surface area contributed by atoms with Gasteiger partial charge in [0.25, 0.3) is 0 Å². The molecule has 1 heterocycles. The summed E-state index contributed by atoms with van der Waals surface area (Å²) in [5.74, 6) is -0.422. The summed E-state index contributed by atoms with van der Waals surface area (Å²) in [6, 6.07) is 23.7. The van der Waals surface area contributed by atoms with Crippen LogP contribution in [0.25, 0.3) is 5.70 Å². The molecule has 2 aliphatic carbocycles. The van der Waals surface area contributed by atoms with Crippen LogP contribution >= 0.6 is 11.6 Å². The highest BCUT2D eigenvalue weighted by atomic mass is 35.5. The van der Waals surface area contributed by atoms with Crippen LogP contribution in [0.2, 0.25) is 5.02 Å². The van der Waals surface area contributed by atoms with Crippen molar-refractivity contribution in [1.82, 2.24) is 4.90 Å². The number of benzene rings is 3. The van der Waals surface area contributed by atoms with Crippen LogP contribution in [0.3, 0.4) is 0 Å². The van der Waals surface area contributed by atoms with Gasteiger partial charge in [0.2, 0.25) is 6.41 Å². The summed E-state index contributed by atoms with van der Waals surface area (Å²) in [6.07, 6.45) is 1.92. The number of amides is 1. The number of halogens is 1. The number of hydrogen-bond donors (Lipinski definition) is 0. The first-order chi connectivity index (χ1) is 19.0. The summed E-state index contributed by atoms with van der Waals surface area (Å²) in [4.78, 5) is 40.9. The molecular weight excluding hydrogens is 520 g/mol. The Hall–Kier alpha value is -3.96. The second kappa shape index (κ2) is 10.5. The Balaban J connectivity index is 0.000000595. The number of carbonyl (C=O) groups excluding carboxylic acids is 3. The predicted octanol–water partition coefficient (Wildman–Crippen LogP) is 7.21. The third-order valence-electron chi connectivity index (χ3n) is 7.61. The number of ketones is 2. The Morgan fingerprint density at radius 1 is 0.875 bits per heavy atom. The SMILES string of the molecule is CN(C)C=O.Cc1ccc(N2C3=C(C(=O)CC(C)(C)C3)[C@@H](c3ccccc3Cl)C3=C2c2ccccc2C3=O)cc1. The van der Waals surface area contributed by atoms with E-state index in [0.717, 1.165) is 46.6 Å². The lowest BCUT2D eigenvalue weighted by Crippen LogP contribution is -2.39. The first kappa shape index (κ1) is 27.6. The van der Waals surface area contributed by atoms with E-state index in [2.05, 4.69) is 49.9 Å². The standard InChI is InChI=1S/C31H26ClNO2.C3H7NO/c1-18-12-14-19(15-13-18)33-24-16-31(2,3)17-25(34)27(24)26(22-10-6-7-11-23(22)32)28-29(33)20-8-4-5-9-21(20)30(28)35;1-4(2)3-5/h4-15,26H,16-17H2,1-3H3;3H,1-2H3/t26-;/m1./s1. The van der Waals surface area contributed by atoms with Gasteiger partial charge in [-0.25, -0.2) is 0 Å². The molecule has 0 saturated heterocycles. The van der Waals surface area contributed by atoms with Crippen LogP contribution in [0, 0.1) is 12.3 Å². The van der Waals surface area contributed by atoms with Crippen molar-refractivity contribution >= 4 is 41.0 Å². The Bertz CT molecular complexity index is 1580. The largest absolute Gasteiger partial charge is 0.351 e. The fourth-order valence-electron chi connectivity index (χ4n) is 5.90. The summed E-state index contributed by atoms with van der Waals surface area (Å²) >= 11 is 6.73. The average Bonchev–Trinajstić information content (AvgIpc) is 3.20. The molecule has 3 aliphatic rings. The topological polar surface area (TPSA) is 57.7 Å². The molecule has 3 aromatic carbocycles. The van der Waals surface area contributed by atoms with Gasteiger partial charge in [-0.05, 0) is 42.5 Å². The maximum absolute atomic E-state index is 14.0. The highest BCUT2D eigenvalue weighted by Gasteiger charge is 2.49. The number of rotatable bonds is 3. The maximum Gasteiger partial charge on any atom is 0.209 e. The van der Waals surface area contributed by atoms with Crippen LogP contribution in [0.4, 0.5) is 5.69 Å². The second-order valence-electron chi connectivity index (χ2n) is 11.6. The molecule has 6 heteroatoms. The van der Waals surface area contributed by atoms with E-state index >= 15 is 0 Å². The zero-order valence-electron chi connectivity index (χ0n) is 23.5. The quantitative estimate of drug-likeness (QED) is 0.322. The Labute approximate surface area is 240 Å². The molecule has 204 valence electrons. The minimum absolute atomic E-state index is 0.0261. The van der Waals surface area contributed by atoms with E-state index in [4.69, 9.17) is 11.6 Å². The van der Waals surface area contributed by atoms with Gasteiger partial charge in [0.15, 0.2) is 11.6 Å². The van der Waals surface area contributed by atoms with Crippen molar-refractivity contribution in [1.29, 1.82) is 0 Å². The third kappa shape index (κ3) is 4.79.